The summed E-state index contributed by atoms with van der Waals surface area (Å²) in [6.07, 6.45) is 9.00. The van der Waals surface area contributed by atoms with Crippen LogP contribution in [0.15, 0.2) is 22.8 Å². The Balaban J connectivity index is 0.00000133. The second-order valence-corrected chi connectivity index (χ2v) is 5.53. The maximum atomic E-state index is 5.88. The third-order valence-electron chi connectivity index (χ3n) is 3.26. The molecule has 0 aromatic carbocycles. The Morgan fingerprint density at radius 2 is 2.32 bits per heavy atom. The van der Waals surface area contributed by atoms with E-state index >= 15 is 0 Å². The van der Waals surface area contributed by atoms with E-state index in [1.807, 2.05) is 22.2 Å². The molecule has 0 atom stereocenters. The van der Waals surface area contributed by atoms with Crippen molar-refractivity contribution in [3.63, 3.8) is 0 Å². The fraction of sp³-hybridized carbons (Fsp3) is 0.500. The minimum Gasteiger partial charge on any atom is -0.370 e. The molecule has 0 bridgehead atoms. The number of rotatable bonds is 3. The summed E-state index contributed by atoms with van der Waals surface area (Å²) in [6, 6.07) is 0.513. The molecule has 104 valence electrons. The van der Waals surface area contributed by atoms with E-state index < -0.39 is 0 Å². The van der Waals surface area contributed by atoms with Gasteiger partial charge in [-0.25, -0.2) is 9.98 Å². The van der Waals surface area contributed by atoms with Gasteiger partial charge < -0.3 is 11.1 Å². The number of nitrogens with one attached hydrogen (secondary N) is 1. The third kappa shape index (κ3) is 3.59. The average molecular weight is 391 g/mol. The van der Waals surface area contributed by atoms with E-state index in [4.69, 9.17) is 5.73 Å². The fourth-order valence-corrected chi connectivity index (χ4v) is 3.06. The van der Waals surface area contributed by atoms with Crippen LogP contribution in [0, 0.1) is 0 Å². The predicted molar refractivity (Wildman–Crippen MR) is 89.2 cm³/mol. The topological polar surface area (TPSA) is 67.7 Å². The number of aromatic nitrogens is 2. The minimum absolute atomic E-state index is 0. The van der Waals surface area contributed by atoms with Crippen LogP contribution in [-0.2, 0) is 6.54 Å². The highest BCUT2D eigenvalue weighted by atomic mass is 127. The standard InChI is InChI=1S/C12H17N5S.HI/c13-11(15-9-3-1-2-4-9)14-7-10-8-17-5-6-18-12(17)16-10;/h5-6,8-9H,1-4,7H2,(H3,13,14,15);1H. The molecule has 19 heavy (non-hydrogen) atoms. The molecular formula is C12H18IN5S. The monoisotopic (exact) mass is 391 g/mol. The molecule has 0 saturated heterocycles. The normalized spacial score (nSPS) is 16.7. The number of thiazole rings is 1. The number of hydrogen-bond donors (Lipinski definition) is 2. The average Bonchev–Trinajstić information content (AvgIpc) is 3.01. The van der Waals surface area contributed by atoms with E-state index in [2.05, 4.69) is 15.3 Å². The van der Waals surface area contributed by atoms with Crippen molar-refractivity contribution in [2.75, 3.05) is 0 Å². The lowest BCUT2D eigenvalue weighted by Gasteiger charge is -2.11. The van der Waals surface area contributed by atoms with Crippen molar-refractivity contribution < 1.29 is 0 Å². The van der Waals surface area contributed by atoms with Crippen LogP contribution in [0.4, 0.5) is 0 Å². The predicted octanol–water partition coefficient (Wildman–Crippen LogP) is 2.36. The quantitative estimate of drug-likeness (QED) is 0.480. The lowest BCUT2D eigenvalue weighted by Crippen LogP contribution is -2.38. The second-order valence-electron chi connectivity index (χ2n) is 4.65. The van der Waals surface area contributed by atoms with Crippen molar-refractivity contribution in [3.05, 3.63) is 23.5 Å². The van der Waals surface area contributed by atoms with Crippen molar-refractivity contribution in [3.8, 4) is 0 Å². The highest BCUT2D eigenvalue weighted by Gasteiger charge is 2.14. The highest BCUT2D eigenvalue weighted by molar-refractivity contribution is 14.0. The first kappa shape index (κ1) is 14.6. The number of aliphatic imine (C=N–C) groups is 1. The van der Waals surface area contributed by atoms with Crippen LogP contribution in [0.3, 0.4) is 0 Å². The minimum atomic E-state index is 0. The zero-order valence-corrected chi connectivity index (χ0v) is 13.7. The molecule has 1 fully saturated rings. The van der Waals surface area contributed by atoms with E-state index in [-0.39, 0.29) is 24.0 Å². The Morgan fingerprint density at radius 1 is 1.53 bits per heavy atom. The van der Waals surface area contributed by atoms with Crippen LogP contribution in [-0.4, -0.2) is 21.4 Å². The van der Waals surface area contributed by atoms with Crippen molar-refractivity contribution in [1.29, 1.82) is 0 Å². The second kappa shape index (κ2) is 6.56. The van der Waals surface area contributed by atoms with Gasteiger partial charge in [0.15, 0.2) is 10.9 Å². The summed E-state index contributed by atoms with van der Waals surface area (Å²) in [5, 5.41) is 5.29. The van der Waals surface area contributed by atoms with Crippen LogP contribution in [0.1, 0.15) is 31.4 Å². The summed E-state index contributed by atoms with van der Waals surface area (Å²) in [6.45, 7) is 0.542. The van der Waals surface area contributed by atoms with Gasteiger partial charge in [-0.15, -0.1) is 35.3 Å². The molecule has 2 heterocycles. The van der Waals surface area contributed by atoms with Gasteiger partial charge in [0.25, 0.3) is 0 Å². The molecule has 1 aliphatic rings. The van der Waals surface area contributed by atoms with Crippen molar-refractivity contribution >= 4 is 46.2 Å². The lowest BCUT2D eigenvalue weighted by molar-refractivity contribution is 0.625. The van der Waals surface area contributed by atoms with Crippen molar-refractivity contribution in [1.82, 2.24) is 14.7 Å². The van der Waals surface area contributed by atoms with E-state index in [0.29, 0.717) is 18.5 Å². The number of hydrogen-bond acceptors (Lipinski definition) is 3. The summed E-state index contributed by atoms with van der Waals surface area (Å²) in [7, 11) is 0. The smallest absolute Gasteiger partial charge is 0.193 e. The van der Waals surface area contributed by atoms with Gasteiger partial charge in [-0.05, 0) is 12.8 Å². The van der Waals surface area contributed by atoms with E-state index in [1.54, 1.807) is 11.3 Å². The van der Waals surface area contributed by atoms with E-state index in [0.717, 1.165) is 10.7 Å². The third-order valence-corrected chi connectivity index (χ3v) is 4.03. The number of nitrogens with zero attached hydrogens (tertiary/aromatic N) is 3. The molecule has 2 aromatic heterocycles. The van der Waals surface area contributed by atoms with E-state index in [9.17, 15) is 0 Å². The largest absolute Gasteiger partial charge is 0.370 e. The Bertz CT molecular complexity index is 527. The number of imidazole rings is 1. The molecule has 2 aromatic rings. The van der Waals surface area contributed by atoms with Crippen LogP contribution in [0.2, 0.25) is 0 Å². The molecule has 3 rings (SSSR count). The van der Waals surface area contributed by atoms with Crippen LogP contribution < -0.4 is 11.1 Å². The zero-order valence-electron chi connectivity index (χ0n) is 10.6. The maximum absolute atomic E-state index is 5.88. The van der Waals surface area contributed by atoms with E-state index in [1.165, 1.54) is 25.7 Å². The Labute approximate surface area is 133 Å². The molecule has 5 nitrogen and oxygen atoms in total. The molecular weight excluding hydrogens is 373 g/mol. The molecule has 1 saturated carbocycles. The van der Waals surface area contributed by atoms with Gasteiger partial charge in [0.1, 0.15) is 0 Å². The van der Waals surface area contributed by atoms with Crippen molar-refractivity contribution in [2.24, 2.45) is 10.7 Å². The van der Waals surface area contributed by atoms with Crippen LogP contribution >= 0.6 is 35.3 Å². The first-order valence-electron chi connectivity index (χ1n) is 6.29. The van der Waals surface area contributed by atoms with Gasteiger partial charge in [0, 0.05) is 23.8 Å². The van der Waals surface area contributed by atoms with Gasteiger partial charge in [-0.3, -0.25) is 4.40 Å². The fourth-order valence-electron chi connectivity index (χ4n) is 2.34. The summed E-state index contributed by atoms with van der Waals surface area (Å²) in [5.41, 5.74) is 6.83. The van der Waals surface area contributed by atoms with Crippen LogP contribution in [0.25, 0.3) is 4.96 Å². The molecule has 0 radical (unpaired) electrons. The number of guanidine groups is 1. The lowest BCUT2D eigenvalue weighted by atomic mass is 10.2. The van der Waals surface area contributed by atoms with Gasteiger partial charge >= 0.3 is 0 Å². The van der Waals surface area contributed by atoms with Gasteiger partial charge in [0.05, 0.1) is 12.2 Å². The SMILES string of the molecule is I.NC(=NCc1cn2ccsc2n1)NC1CCCC1. The summed E-state index contributed by atoms with van der Waals surface area (Å²) >= 11 is 1.63. The molecule has 1 aliphatic carbocycles. The first-order valence-corrected chi connectivity index (χ1v) is 7.17. The number of halogens is 1. The van der Waals surface area contributed by atoms with Gasteiger partial charge in [-0.2, -0.15) is 0 Å². The molecule has 0 unspecified atom stereocenters. The van der Waals surface area contributed by atoms with Gasteiger partial charge in [-0.1, -0.05) is 12.8 Å². The molecule has 0 aliphatic heterocycles. The van der Waals surface area contributed by atoms with Crippen molar-refractivity contribution in [2.45, 2.75) is 38.3 Å². The Hall–Kier alpha value is -0.830. The number of fused-ring (bicyclic) bond motifs is 1. The zero-order chi connectivity index (χ0) is 12.4. The Morgan fingerprint density at radius 3 is 3.05 bits per heavy atom. The summed E-state index contributed by atoms with van der Waals surface area (Å²) < 4.78 is 2.01. The molecule has 7 heteroatoms. The summed E-state index contributed by atoms with van der Waals surface area (Å²) in [4.78, 5) is 9.81. The van der Waals surface area contributed by atoms with Gasteiger partial charge in [0.2, 0.25) is 0 Å². The molecule has 0 amide bonds. The number of nitrogens with two attached hydrogens (primary N) is 1. The maximum Gasteiger partial charge on any atom is 0.193 e. The summed E-state index contributed by atoms with van der Waals surface area (Å²) in [5.74, 6) is 0.540. The Kier molecular flexibility index (Phi) is 5.03. The molecule has 3 N–H and O–H groups in total. The molecule has 0 spiro atoms. The van der Waals surface area contributed by atoms with Crippen LogP contribution in [0.5, 0.6) is 0 Å². The first-order chi connectivity index (χ1) is 8.81. The highest BCUT2D eigenvalue weighted by Crippen LogP contribution is 2.17.